The zero-order chi connectivity index (χ0) is 21.7. The van der Waals surface area contributed by atoms with Gasteiger partial charge >= 0.3 is 0 Å². The first-order valence-corrected chi connectivity index (χ1v) is 14.4. The molecule has 5 aromatic rings. The van der Waals surface area contributed by atoms with Crippen molar-refractivity contribution in [2.75, 3.05) is 0 Å². The van der Waals surface area contributed by atoms with Gasteiger partial charge in [-0.2, -0.15) is 0 Å². The van der Waals surface area contributed by atoms with Gasteiger partial charge in [-0.25, -0.2) is 0 Å². The molecule has 1 aliphatic rings. The van der Waals surface area contributed by atoms with Crippen LogP contribution in [-0.2, 0) is 6.42 Å². The van der Waals surface area contributed by atoms with Crippen molar-refractivity contribution in [2.24, 2.45) is 0 Å². The van der Waals surface area contributed by atoms with Crippen molar-refractivity contribution in [1.29, 1.82) is 0 Å². The number of hydrogen-bond donors (Lipinski definition) is 0. The predicted octanol–water partition coefficient (Wildman–Crippen LogP) is 6.90. The Morgan fingerprint density at radius 3 is 2.00 bits per heavy atom. The number of hydrogen-bond acceptors (Lipinski definition) is 0. The van der Waals surface area contributed by atoms with Gasteiger partial charge in [0.05, 0.1) is 0 Å². The summed E-state index contributed by atoms with van der Waals surface area (Å²) in [6.45, 7) is 4.97. The summed E-state index contributed by atoms with van der Waals surface area (Å²) in [5, 5.41) is 5.74. The van der Waals surface area contributed by atoms with E-state index in [9.17, 15) is 0 Å². The largest absolute Gasteiger partial charge is 0.113 e. The van der Waals surface area contributed by atoms with Crippen LogP contribution in [0.5, 0.6) is 0 Å². The molecule has 32 heavy (non-hydrogen) atoms. The Bertz CT molecular complexity index is 1460. The molecule has 154 valence electrons. The average molecular weight is 427 g/mol. The molecular formula is C31H26Si. The Labute approximate surface area is 191 Å². The highest BCUT2D eigenvalue weighted by Crippen LogP contribution is 2.29. The maximum atomic E-state index is 2.49. The van der Waals surface area contributed by atoms with Gasteiger partial charge in [-0.3, -0.25) is 0 Å². The molecule has 0 aromatic heterocycles. The minimum Gasteiger partial charge on any atom is -0.0623 e. The van der Waals surface area contributed by atoms with E-state index >= 15 is 0 Å². The van der Waals surface area contributed by atoms with E-state index in [-0.39, 0.29) is 0 Å². The molecule has 6 rings (SSSR count). The van der Waals surface area contributed by atoms with E-state index in [0.29, 0.717) is 0 Å². The first-order chi connectivity index (χ1) is 15.6. The fourth-order valence-electron chi connectivity index (χ4n) is 5.28. The molecule has 0 nitrogen and oxygen atoms in total. The second-order valence-corrected chi connectivity index (χ2v) is 13.8. The van der Waals surface area contributed by atoms with Crippen molar-refractivity contribution in [2.45, 2.75) is 19.5 Å². The van der Waals surface area contributed by atoms with Crippen LogP contribution in [0.1, 0.15) is 11.1 Å². The maximum absolute atomic E-state index is 2.49. The smallest absolute Gasteiger partial charge is 0.0623 e. The molecule has 0 fully saturated rings. The number of fused-ring (bicyclic) bond motifs is 4. The van der Waals surface area contributed by atoms with E-state index in [0.717, 1.165) is 6.42 Å². The molecule has 0 saturated heterocycles. The molecule has 1 aliphatic heterocycles. The van der Waals surface area contributed by atoms with E-state index in [1.807, 2.05) is 0 Å². The fourth-order valence-corrected chi connectivity index (χ4v) is 8.41. The summed E-state index contributed by atoms with van der Waals surface area (Å²) in [6.07, 6.45) is 0.978. The van der Waals surface area contributed by atoms with Crippen LogP contribution >= 0.6 is 0 Å². The molecule has 0 radical (unpaired) electrons. The third kappa shape index (κ3) is 3.13. The summed E-state index contributed by atoms with van der Waals surface area (Å²) in [7, 11) is -1.61. The van der Waals surface area contributed by atoms with E-state index in [2.05, 4.69) is 122 Å². The lowest BCUT2D eigenvalue weighted by Gasteiger charge is -2.19. The van der Waals surface area contributed by atoms with Crippen molar-refractivity contribution in [3.63, 3.8) is 0 Å². The lowest BCUT2D eigenvalue weighted by atomic mass is 9.97. The summed E-state index contributed by atoms with van der Waals surface area (Å²) < 4.78 is 0. The van der Waals surface area contributed by atoms with Crippen LogP contribution in [0.4, 0.5) is 0 Å². The van der Waals surface area contributed by atoms with E-state index in [4.69, 9.17) is 0 Å². The minimum absolute atomic E-state index is 0.978. The van der Waals surface area contributed by atoms with Gasteiger partial charge in [0, 0.05) is 0 Å². The van der Waals surface area contributed by atoms with Gasteiger partial charge in [-0.15, -0.1) is 0 Å². The number of rotatable bonds is 3. The zero-order valence-corrected chi connectivity index (χ0v) is 19.6. The number of benzene rings is 5. The molecule has 0 amide bonds. The van der Waals surface area contributed by atoms with Gasteiger partial charge in [0.1, 0.15) is 8.07 Å². The van der Waals surface area contributed by atoms with Crippen LogP contribution in [0.25, 0.3) is 33.0 Å². The monoisotopic (exact) mass is 426 g/mol. The lowest BCUT2D eigenvalue weighted by molar-refractivity contribution is 1.20. The summed E-state index contributed by atoms with van der Waals surface area (Å²) >= 11 is 0. The molecule has 5 aromatic carbocycles. The summed E-state index contributed by atoms with van der Waals surface area (Å²) in [5.41, 5.74) is 8.23. The molecule has 0 N–H and O–H groups in total. The van der Waals surface area contributed by atoms with E-state index in [1.54, 1.807) is 10.4 Å². The Hall–Kier alpha value is -3.42. The fraction of sp³-hybridized carbons (Fsp3) is 0.0968. The van der Waals surface area contributed by atoms with Crippen molar-refractivity contribution in [3.05, 3.63) is 120 Å². The molecule has 0 bridgehead atoms. The van der Waals surface area contributed by atoms with Crippen LogP contribution in [0.15, 0.2) is 109 Å². The van der Waals surface area contributed by atoms with Gasteiger partial charge in [-0.1, -0.05) is 116 Å². The van der Waals surface area contributed by atoms with E-state index in [1.165, 1.54) is 44.2 Å². The third-order valence-electron chi connectivity index (χ3n) is 7.09. The molecule has 1 heterocycles. The van der Waals surface area contributed by atoms with Crippen molar-refractivity contribution < 1.29 is 0 Å². The van der Waals surface area contributed by atoms with Crippen molar-refractivity contribution >= 4 is 29.2 Å². The normalized spacial score (nSPS) is 13.7. The quantitative estimate of drug-likeness (QED) is 0.275. The van der Waals surface area contributed by atoms with Gasteiger partial charge in [-0.05, 0) is 67.0 Å². The third-order valence-corrected chi connectivity index (χ3v) is 10.6. The second kappa shape index (κ2) is 7.32. The highest BCUT2D eigenvalue weighted by Gasteiger charge is 2.36. The molecule has 0 spiro atoms. The van der Waals surface area contributed by atoms with Crippen LogP contribution in [-0.4, -0.2) is 8.07 Å². The van der Waals surface area contributed by atoms with Crippen LogP contribution < -0.4 is 10.4 Å². The first-order valence-electron chi connectivity index (χ1n) is 11.4. The average Bonchev–Trinajstić information content (AvgIpc) is 3.06. The molecule has 0 atom stereocenters. The SMILES string of the molecule is C[Si]1(C)c2ccccc2-c2ccc(Cc3ccc(-c4ccc5ccccc5c4)cc3)cc21. The van der Waals surface area contributed by atoms with Gasteiger partial charge in [0.15, 0.2) is 0 Å². The lowest BCUT2D eigenvalue weighted by Crippen LogP contribution is -2.49. The van der Waals surface area contributed by atoms with Crippen LogP contribution in [0.3, 0.4) is 0 Å². The topological polar surface area (TPSA) is 0 Å². The molecule has 0 saturated carbocycles. The summed E-state index contributed by atoms with van der Waals surface area (Å²) in [5.74, 6) is 0. The van der Waals surface area contributed by atoms with Gasteiger partial charge in [0.25, 0.3) is 0 Å². The van der Waals surface area contributed by atoms with Gasteiger partial charge < -0.3 is 0 Å². The molecular weight excluding hydrogens is 400 g/mol. The first kappa shape index (κ1) is 19.3. The Kier molecular flexibility index (Phi) is 4.41. The Balaban J connectivity index is 1.28. The zero-order valence-electron chi connectivity index (χ0n) is 18.6. The highest BCUT2D eigenvalue weighted by atomic mass is 28.3. The summed E-state index contributed by atoms with van der Waals surface area (Å²) in [6, 6.07) is 40.5. The predicted molar refractivity (Wildman–Crippen MR) is 141 cm³/mol. The molecule has 0 unspecified atom stereocenters. The summed E-state index contributed by atoms with van der Waals surface area (Å²) in [4.78, 5) is 0. The Morgan fingerprint density at radius 2 is 1.16 bits per heavy atom. The molecule has 0 aliphatic carbocycles. The van der Waals surface area contributed by atoms with Crippen molar-refractivity contribution in [1.82, 2.24) is 0 Å². The maximum Gasteiger partial charge on any atom is 0.113 e. The van der Waals surface area contributed by atoms with Crippen molar-refractivity contribution in [3.8, 4) is 22.3 Å². The van der Waals surface area contributed by atoms with Gasteiger partial charge in [0.2, 0.25) is 0 Å². The van der Waals surface area contributed by atoms with Crippen LogP contribution in [0.2, 0.25) is 13.1 Å². The Morgan fingerprint density at radius 1 is 0.500 bits per heavy atom. The standard InChI is InChI=1S/C31H26Si/c1-32(2)30-10-6-5-9-28(30)29-18-13-23(20-31(29)32)19-22-11-14-25(15-12-22)27-17-16-24-7-3-4-8-26(24)21-27/h3-18,20-21H,19H2,1-2H3. The van der Waals surface area contributed by atoms with E-state index < -0.39 is 8.07 Å². The highest BCUT2D eigenvalue weighted by molar-refractivity contribution is 7.03. The second-order valence-electron chi connectivity index (χ2n) is 9.49. The van der Waals surface area contributed by atoms with Crippen LogP contribution in [0, 0.1) is 0 Å². The minimum atomic E-state index is -1.61. The molecule has 1 heteroatoms.